The van der Waals surface area contributed by atoms with Gasteiger partial charge in [-0.3, -0.25) is 9.59 Å². The summed E-state index contributed by atoms with van der Waals surface area (Å²) in [4.78, 5) is 36.3. The van der Waals surface area contributed by atoms with Crippen molar-refractivity contribution in [1.29, 1.82) is 0 Å². The van der Waals surface area contributed by atoms with Gasteiger partial charge in [-0.05, 0) is 42.2 Å². The van der Waals surface area contributed by atoms with Crippen molar-refractivity contribution in [2.75, 3.05) is 19.5 Å². The number of para-hydroxylation sites is 1. The zero-order valence-corrected chi connectivity index (χ0v) is 16.5. The molecule has 0 fully saturated rings. The van der Waals surface area contributed by atoms with Crippen molar-refractivity contribution in [3.63, 3.8) is 0 Å². The van der Waals surface area contributed by atoms with Crippen molar-refractivity contribution in [2.24, 2.45) is 5.92 Å². The van der Waals surface area contributed by atoms with Crippen LogP contribution < -0.4 is 15.4 Å². The number of anilines is 1. The summed E-state index contributed by atoms with van der Waals surface area (Å²) in [6.45, 7) is 0.270. The molecule has 2 amide bonds. The van der Waals surface area contributed by atoms with Gasteiger partial charge in [-0.2, -0.15) is 0 Å². The highest BCUT2D eigenvalue weighted by molar-refractivity contribution is 5.96. The predicted octanol–water partition coefficient (Wildman–Crippen LogP) is 2.69. The summed E-state index contributed by atoms with van der Waals surface area (Å²) in [5.74, 6) is -0.502. The molecule has 0 saturated heterocycles. The SMILES string of the molecule is COC(=O)c1cc(CNC(=O)CCC2Cc3ccccc3NC2=O)ccc1OC. The third-order valence-corrected chi connectivity index (χ3v) is 4.99. The average Bonchev–Trinajstić information content (AvgIpc) is 2.75. The Balaban J connectivity index is 1.53. The minimum absolute atomic E-state index is 0.0469. The van der Waals surface area contributed by atoms with Crippen LogP contribution in [-0.4, -0.2) is 32.0 Å². The van der Waals surface area contributed by atoms with E-state index in [4.69, 9.17) is 9.47 Å². The molecule has 152 valence electrons. The fraction of sp³-hybridized carbons (Fsp3) is 0.318. The number of carbonyl (C=O) groups is 3. The molecule has 0 bridgehead atoms. The summed E-state index contributed by atoms with van der Waals surface area (Å²) >= 11 is 0. The first-order valence-corrected chi connectivity index (χ1v) is 9.42. The molecule has 0 aliphatic carbocycles. The fourth-order valence-corrected chi connectivity index (χ4v) is 3.38. The average molecular weight is 396 g/mol. The summed E-state index contributed by atoms with van der Waals surface area (Å²) in [7, 11) is 2.78. The van der Waals surface area contributed by atoms with Crippen molar-refractivity contribution in [3.8, 4) is 5.75 Å². The van der Waals surface area contributed by atoms with E-state index in [1.54, 1.807) is 18.2 Å². The molecule has 0 saturated carbocycles. The highest BCUT2D eigenvalue weighted by Gasteiger charge is 2.26. The smallest absolute Gasteiger partial charge is 0.341 e. The number of amides is 2. The van der Waals surface area contributed by atoms with Gasteiger partial charge in [0.2, 0.25) is 11.8 Å². The summed E-state index contributed by atoms with van der Waals surface area (Å²) in [5.41, 5.74) is 2.99. The van der Waals surface area contributed by atoms with Crippen molar-refractivity contribution in [3.05, 3.63) is 59.2 Å². The number of nitrogens with one attached hydrogen (secondary N) is 2. The Kier molecular flexibility index (Phi) is 6.49. The maximum atomic E-state index is 12.3. The molecular formula is C22H24N2O5. The highest BCUT2D eigenvalue weighted by Crippen LogP contribution is 2.27. The van der Waals surface area contributed by atoms with Gasteiger partial charge in [0, 0.05) is 24.6 Å². The normalized spacial score (nSPS) is 15.1. The van der Waals surface area contributed by atoms with Gasteiger partial charge >= 0.3 is 5.97 Å². The van der Waals surface area contributed by atoms with Gasteiger partial charge in [0.05, 0.1) is 14.2 Å². The first kappa shape index (κ1) is 20.4. The van der Waals surface area contributed by atoms with E-state index in [1.165, 1.54) is 14.2 Å². The number of rotatable bonds is 7. The van der Waals surface area contributed by atoms with Gasteiger partial charge in [-0.15, -0.1) is 0 Å². The summed E-state index contributed by atoms with van der Waals surface area (Å²) in [5, 5.41) is 5.73. The van der Waals surface area contributed by atoms with Crippen LogP contribution in [-0.2, 0) is 27.3 Å². The van der Waals surface area contributed by atoms with Gasteiger partial charge in [0.15, 0.2) is 0 Å². The molecule has 7 heteroatoms. The maximum Gasteiger partial charge on any atom is 0.341 e. The molecule has 0 spiro atoms. The van der Waals surface area contributed by atoms with E-state index in [0.29, 0.717) is 24.2 Å². The van der Waals surface area contributed by atoms with Gasteiger partial charge in [0.1, 0.15) is 11.3 Å². The van der Waals surface area contributed by atoms with E-state index in [0.717, 1.165) is 16.8 Å². The van der Waals surface area contributed by atoms with Crippen molar-refractivity contribution in [1.82, 2.24) is 5.32 Å². The quantitative estimate of drug-likeness (QED) is 0.702. The Labute approximate surface area is 169 Å². The molecule has 7 nitrogen and oxygen atoms in total. The van der Waals surface area contributed by atoms with E-state index < -0.39 is 5.97 Å². The molecule has 0 aromatic heterocycles. The van der Waals surface area contributed by atoms with Crippen LogP contribution in [0.5, 0.6) is 5.75 Å². The van der Waals surface area contributed by atoms with Crippen LogP contribution in [0, 0.1) is 5.92 Å². The lowest BCUT2D eigenvalue weighted by Crippen LogP contribution is -2.31. The Morgan fingerprint density at radius 3 is 2.72 bits per heavy atom. The molecule has 0 radical (unpaired) electrons. The van der Waals surface area contributed by atoms with E-state index in [2.05, 4.69) is 10.6 Å². The predicted molar refractivity (Wildman–Crippen MR) is 108 cm³/mol. The standard InChI is InChI=1S/C22H24N2O5/c1-28-19-9-7-14(11-17(19)22(27)29-2)13-23-20(25)10-8-16-12-15-5-3-4-6-18(15)24-21(16)26/h3-7,9,11,16H,8,10,12-13H2,1-2H3,(H,23,25)(H,24,26). The lowest BCUT2D eigenvalue weighted by molar-refractivity contribution is -0.122. The molecule has 1 aliphatic rings. The largest absolute Gasteiger partial charge is 0.496 e. The minimum Gasteiger partial charge on any atom is -0.496 e. The Hall–Kier alpha value is -3.35. The number of methoxy groups -OCH3 is 2. The second kappa shape index (κ2) is 9.23. The zero-order valence-electron chi connectivity index (χ0n) is 16.5. The van der Waals surface area contributed by atoms with Crippen molar-refractivity contribution >= 4 is 23.5 Å². The van der Waals surface area contributed by atoms with Gasteiger partial charge in [0.25, 0.3) is 0 Å². The Bertz CT molecular complexity index is 925. The van der Waals surface area contributed by atoms with E-state index >= 15 is 0 Å². The summed E-state index contributed by atoms with van der Waals surface area (Å²) < 4.78 is 9.92. The van der Waals surface area contributed by atoms with Crippen molar-refractivity contribution in [2.45, 2.75) is 25.8 Å². The third kappa shape index (κ3) is 4.93. The molecular weight excluding hydrogens is 372 g/mol. The van der Waals surface area contributed by atoms with Gasteiger partial charge in [-0.25, -0.2) is 4.79 Å². The van der Waals surface area contributed by atoms with Gasteiger partial charge in [-0.1, -0.05) is 24.3 Å². The van der Waals surface area contributed by atoms with E-state index in [1.807, 2.05) is 24.3 Å². The zero-order chi connectivity index (χ0) is 20.8. The lowest BCUT2D eigenvalue weighted by Gasteiger charge is -2.24. The fourth-order valence-electron chi connectivity index (χ4n) is 3.38. The molecule has 1 aliphatic heterocycles. The number of benzene rings is 2. The molecule has 1 unspecified atom stereocenters. The monoisotopic (exact) mass is 396 g/mol. The number of esters is 1. The van der Waals surface area contributed by atoms with E-state index in [-0.39, 0.29) is 30.7 Å². The first-order chi connectivity index (χ1) is 14.0. The number of hydrogen-bond donors (Lipinski definition) is 2. The van der Waals surface area contributed by atoms with E-state index in [9.17, 15) is 14.4 Å². The molecule has 1 atom stereocenters. The van der Waals surface area contributed by atoms with Gasteiger partial charge < -0.3 is 20.1 Å². The number of fused-ring (bicyclic) bond motifs is 1. The minimum atomic E-state index is -0.501. The van der Waals surface area contributed by atoms with Crippen LogP contribution in [0.25, 0.3) is 0 Å². The topological polar surface area (TPSA) is 93.7 Å². The van der Waals surface area contributed by atoms with Crippen molar-refractivity contribution < 1.29 is 23.9 Å². The Morgan fingerprint density at radius 2 is 1.97 bits per heavy atom. The summed E-state index contributed by atoms with van der Waals surface area (Å²) in [6.07, 6.45) is 1.36. The second-order valence-corrected chi connectivity index (χ2v) is 6.89. The summed E-state index contributed by atoms with van der Waals surface area (Å²) in [6, 6.07) is 12.8. The number of ether oxygens (including phenoxy) is 2. The highest BCUT2D eigenvalue weighted by atomic mass is 16.5. The lowest BCUT2D eigenvalue weighted by atomic mass is 9.89. The van der Waals surface area contributed by atoms with Crippen LogP contribution in [0.4, 0.5) is 5.69 Å². The van der Waals surface area contributed by atoms with Crippen LogP contribution in [0.15, 0.2) is 42.5 Å². The number of carbonyl (C=O) groups excluding carboxylic acids is 3. The molecule has 1 heterocycles. The van der Waals surface area contributed by atoms with Crippen LogP contribution in [0.3, 0.4) is 0 Å². The second-order valence-electron chi connectivity index (χ2n) is 6.89. The molecule has 2 N–H and O–H groups in total. The molecule has 29 heavy (non-hydrogen) atoms. The number of hydrogen-bond acceptors (Lipinski definition) is 5. The van der Waals surface area contributed by atoms with Crippen LogP contribution in [0.1, 0.15) is 34.3 Å². The van der Waals surface area contributed by atoms with Crippen LogP contribution >= 0.6 is 0 Å². The van der Waals surface area contributed by atoms with Crippen LogP contribution in [0.2, 0.25) is 0 Å². The third-order valence-electron chi connectivity index (χ3n) is 4.99. The molecule has 2 aromatic carbocycles. The first-order valence-electron chi connectivity index (χ1n) is 9.42. The maximum absolute atomic E-state index is 12.3. The Morgan fingerprint density at radius 1 is 1.17 bits per heavy atom. The molecule has 3 rings (SSSR count). The molecule has 2 aromatic rings.